The fourth-order valence-electron chi connectivity index (χ4n) is 8.55. The van der Waals surface area contributed by atoms with Crippen LogP contribution in [0.5, 0.6) is 0 Å². The van der Waals surface area contributed by atoms with E-state index in [1.807, 2.05) is 6.20 Å². The molecule has 0 unspecified atom stereocenters. The molecule has 2 aromatic heterocycles. The molecule has 2 nitrogen and oxygen atoms in total. The first-order valence-electron chi connectivity index (χ1n) is 19.3. The Balaban J connectivity index is 1.28. The van der Waals surface area contributed by atoms with Gasteiger partial charge in [0.25, 0.3) is 0 Å². The second kappa shape index (κ2) is 14.6. The molecule has 0 aliphatic heterocycles. The average Bonchev–Trinajstić information content (AvgIpc) is 3.46. The minimum absolute atomic E-state index is 0.0420. The van der Waals surface area contributed by atoms with E-state index >= 15 is 0 Å². The van der Waals surface area contributed by atoms with Crippen molar-refractivity contribution in [2.45, 2.75) is 83.5 Å². The largest absolute Gasteiger partial charge is 0.254 e. The number of rotatable bonds is 13. The summed E-state index contributed by atoms with van der Waals surface area (Å²) in [5.74, 6) is 0. The highest BCUT2D eigenvalue weighted by Crippen LogP contribution is 2.55. The van der Waals surface area contributed by atoms with Crippen molar-refractivity contribution in [3.63, 3.8) is 0 Å². The lowest BCUT2D eigenvalue weighted by Gasteiger charge is -2.33. The minimum atomic E-state index is 0.0420. The monoisotopic (exact) mass is 664 g/mol. The third-order valence-electron chi connectivity index (χ3n) is 11.3. The van der Waals surface area contributed by atoms with E-state index in [1.54, 1.807) is 0 Å². The smallest absolute Gasteiger partial charge is 0.0900 e. The fraction of sp³-hybridized carbons (Fsp3) is 0.265. The van der Waals surface area contributed by atoms with Crippen LogP contribution in [0.2, 0.25) is 0 Å². The highest BCUT2D eigenvalue weighted by Gasteiger charge is 2.42. The van der Waals surface area contributed by atoms with Crippen molar-refractivity contribution in [3.05, 3.63) is 145 Å². The van der Waals surface area contributed by atoms with Gasteiger partial charge in [-0.2, -0.15) is 0 Å². The van der Waals surface area contributed by atoms with E-state index in [0.29, 0.717) is 0 Å². The molecule has 254 valence electrons. The molecule has 2 heterocycles. The Morgan fingerprint density at radius 3 is 1.82 bits per heavy atom. The zero-order valence-electron chi connectivity index (χ0n) is 30.2. The third-order valence-corrected chi connectivity index (χ3v) is 11.3. The van der Waals surface area contributed by atoms with Crippen LogP contribution >= 0.6 is 0 Å². The van der Waals surface area contributed by atoms with E-state index in [-0.39, 0.29) is 5.41 Å². The van der Waals surface area contributed by atoms with E-state index in [4.69, 9.17) is 9.97 Å². The molecular formula is C49H48N2. The first-order valence-corrected chi connectivity index (χ1v) is 19.3. The number of nitrogens with zero attached hydrogens (tertiary/aromatic N) is 2. The van der Waals surface area contributed by atoms with Crippen LogP contribution < -0.4 is 0 Å². The van der Waals surface area contributed by atoms with E-state index in [9.17, 15) is 0 Å². The molecule has 0 radical (unpaired) electrons. The summed E-state index contributed by atoms with van der Waals surface area (Å²) >= 11 is 0. The van der Waals surface area contributed by atoms with Crippen molar-refractivity contribution < 1.29 is 0 Å². The highest BCUT2D eigenvalue weighted by atomic mass is 14.8. The molecule has 51 heavy (non-hydrogen) atoms. The fourth-order valence-corrected chi connectivity index (χ4v) is 8.55. The molecular weight excluding hydrogens is 617 g/mol. The van der Waals surface area contributed by atoms with E-state index in [1.165, 1.54) is 114 Å². The topological polar surface area (TPSA) is 25.8 Å². The van der Waals surface area contributed by atoms with Gasteiger partial charge >= 0.3 is 0 Å². The summed E-state index contributed by atoms with van der Waals surface area (Å²) in [6.07, 6.45) is 14.6. The van der Waals surface area contributed by atoms with Crippen LogP contribution in [0, 0.1) is 0 Å². The molecule has 1 aliphatic rings. The lowest BCUT2D eigenvalue weighted by Crippen LogP contribution is -2.25. The van der Waals surface area contributed by atoms with Crippen molar-refractivity contribution in [1.29, 1.82) is 0 Å². The second-order valence-electron chi connectivity index (χ2n) is 14.6. The predicted molar refractivity (Wildman–Crippen MR) is 217 cm³/mol. The molecule has 0 fully saturated rings. The van der Waals surface area contributed by atoms with Crippen LogP contribution in [-0.4, -0.2) is 9.97 Å². The Hall–Kier alpha value is -5.08. The quantitative estimate of drug-likeness (QED) is 0.115. The van der Waals surface area contributed by atoms with Crippen molar-refractivity contribution in [2.24, 2.45) is 0 Å². The Morgan fingerprint density at radius 2 is 1.06 bits per heavy atom. The number of fused-ring (bicyclic) bond motifs is 5. The van der Waals surface area contributed by atoms with Gasteiger partial charge in [0, 0.05) is 22.6 Å². The number of benzene rings is 5. The molecule has 0 amide bonds. The SMILES string of the molecule is CCCCCCC1(CCCCCC)c2ccccc2-c2ccc(-c3cc(-c4ccc5ccccc5c4)nc(-c4cc5ccccc5cn4)c3)cc21. The first-order chi connectivity index (χ1) is 25.2. The third kappa shape index (κ3) is 6.49. The van der Waals surface area contributed by atoms with Crippen LogP contribution in [0.25, 0.3) is 66.4 Å². The maximum Gasteiger partial charge on any atom is 0.0900 e. The summed E-state index contributed by atoms with van der Waals surface area (Å²) in [5, 5.41) is 4.77. The Morgan fingerprint density at radius 1 is 0.431 bits per heavy atom. The van der Waals surface area contributed by atoms with Gasteiger partial charge in [0.2, 0.25) is 0 Å². The van der Waals surface area contributed by atoms with Gasteiger partial charge in [0.1, 0.15) is 0 Å². The number of aromatic nitrogens is 2. The van der Waals surface area contributed by atoms with Crippen molar-refractivity contribution in [3.8, 4) is 44.9 Å². The Kier molecular flexibility index (Phi) is 9.50. The van der Waals surface area contributed by atoms with E-state index < -0.39 is 0 Å². The Labute approximate surface area is 303 Å². The number of unbranched alkanes of at least 4 members (excludes halogenated alkanes) is 6. The standard InChI is InChI=1S/C49H48N2/c1-3-5-7-15-27-49(28-16-8-6-4-2)44-22-14-13-21-42(44)43-26-25-38(30-45(43)49)41-32-46(39-24-23-35-17-9-10-18-36(35)29-39)51-48(33-41)47-31-37-19-11-12-20-40(37)34-50-47/h9-14,17-26,29-34H,3-8,15-16,27-28H2,1-2H3. The molecule has 8 rings (SSSR count). The summed E-state index contributed by atoms with van der Waals surface area (Å²) in [4.78, 5) is 10.2. The van der Waals surface area contributed by atoms with E-state index in [2.05, 4.69) is 141 Å². The maximum atomic E-state index is 5.30. The molecule has 0 N–H and O–H groups in total. The van der Waals surface area contributed by atoms with Crippen LogP contribution in [0.3, 0.4) is 0 Å². The summed E-state index contributed by atoms with van der Waals surface area (Å²) in [6, 6.07) is 47.0. The van der Waals surface area contributed by atoms with E-state index in [0.717, 1.165) is 28.0 Å². The predicted octanol–water partition coefficient (Wildman–Crippen LogP) is 14.0. The minimum Gasteiger partial charge on any atom is -0.254 e. The summed E-state index contributed by atoms with van der Waals surface area (Å²) in [6.45, 7) is 4.63. The van der Waals surface area contributed by atoms with Crippen molar-refractivity contribution >= 4 is 21.5 Å². The van der Waals surface area contributed by atoms with Crippen LogP contribution in [0.4, 0.5) is 0 Å². The van der Waals surface area contributed by atoms with Gasteiger partial charge in [0.05, 0.1) is 17.1 Å². The van der Waals surface area contributed by atoms with Crippen LogP contribution in [0.1, 0.15) is 89.2 Å². The Bertz CT molecular complexity index is 2210. The van der Waals surface area contributed by atoms with Gasteiger partial charge in [-0.3, -0.25) is 4.98 Å². The van der Waals surface area contributed by atoms with Gasteiger partial charge in [0.15, 0.2) is 0 Å². The highest BCUT2D eigenvalue weighted by molar-refractivity contribution is 5.90. The lowest BCUT2D eigenvalue weighted by atomic mass is 9.70. The average molecular weight is 665 g/mol. The first kappa shape index (κ1) is 33.1. The van der Waals surface area contributed by atoms with Gasteiger partial charge < -0.3 is 0 Å². The second-order valence-corrected chi connectivity index (χ2v) is 14.6. The van der Waals surface area contributed by atoms with Crippen LogP contribution in [0.15, 0.2) is 134 Å². The molecule has 2 heteroatoms. The summed E-state index contributed by atoms with van der Waals surface area (Å²) in [7, 11) is 0. The molecule has 0 saturated carbocycles. The number of hydrogen-bond donors (Lipinski definition) is 0. The molecule has 0 bridgehead atoms. The summed E-state index contributed by atoms with van der Waals surface area (Å²) in [5.41, 5.74) is 12.3. The lowest BCUT2D eigenvalue weighted by molar-refractivity contribution is 0.401. The van der Waals surface area contributed by atoms with Gasteiger partial charge in [-0.05, 0) is 92.7 Å². The van der Waals surface area contributed by atoms with Gasteiger partial charge in [-0.25, -0.2) is 4.98 Å². The van der Waals surface area contributed by atoms with Crippen LogP contribution in [-0.2, 0) is 5.41 Å². The summed E-state index contributed by atoms with van der Waals surface area (Å²) < 4.78 is 0. The van der Waals surface area contributed by atoms with Gasteiger partial charge in [-0.15, -0.1) is 0 Å². The molecule has 0 atom stereocenters. The number of hydrogen-bond acceptors (Lipinski definition) is 2. The van der Waals surface area contributed by atoms with Crippen molar-refractivity contribution in [2.75, 3.05) is 0 Å². The van der Waals surface area contributed by atoms with Crippen molar-refractivity contribution in [1.82, 2.24) is 9.97 Å². The number of pyridine rings is 2. The molecule has 7 aromatic rings. The molecule has 5 aromatic carbocycles. The zero-order chi connectivity index (χ0) is 34.6. The zero-order valence-corrected chi connectivity index (χ0v) is 30.2. The van der Waals surface area contributed by atoms with Gasteiger partial charge in [-0.1, -0.05) is 162 Å². The maximum absolute atomic E-state index is 5.30. The molecule has 1 aliphatic carbocycles. The normalized spacial score (nSPS) is 13.1. The molecule has 0 spiro atoms. The molecule has 0 saturated heterocycles.